The zero-order valence-corrected chi connectivity index (χ0v) is 15.0. The molecule has 0 amide bonds. The largest absolute Gasteiger partial charge is 0.435 e. The normalized spacial score (nSPS) is 17.9. The molecule has 1 saturated heterocycles. The molecular formula is C18H19F5N4O. The second kappa shape index (κ2) is 8.26. The molecule has 28 heavy (non-hydrogen) atoms. The number of hydrogen-bond acceptors (Lipinski definition) is 5. The van der Waals surface area contributed by atoms with Gasteiger partial charge in [0.25, 0.3) is 0 Å². The van der Waals surface area contributed by atoms with E-state index in [1.807, 2.05) is 6.07 Å². The first kappa shape index (κ1) is 20.2. The van der Waals surface area contributed by atoms with Gasteiger partial charge < -0.3 is 9.64 Å². The van der Waals surface area contributed by atoms with E-state index < -0.39 is 18.5 Å². The van der Waals surface area contributed by atoms with Crippen LogP contribution >= 0.6 is 0 Å². The summed E-state index contributed by atoms with van der Waals surface area (Å²) in [6.45, 7) is -1.01. The number of nitrogens with zero attached hydrogens (tertiary/aromatic N) is 4. The number of aromatic nitrogens is 2. The van der Waals surface area contributed by atoms with E-state index in [9.17, 15) is 22.0 Å². The zero-order valence-electron chi connectivity index (χ0n) is 15.0. The van der Waals surface area contributed by atoms with Crippen LogP contribution in [-0.4, -0.2) is 47.7 Å². The standard InChI is InChI=1S/C18H19F5N4O/c1-26(16-8-15(18(21,22)23)24-11-25-16)13-5-6-27(10-13)9-12-3-2-4-14(7-12)28-17(19)20/h2-4,7-8,11,13,17H,5-6,9-10H2,1H3. The Balaban J connectivity index is 1.62. The molecule has 1 aliphatic heterocycles. The number of likely N-dealkylation sites (tertiary alicyclic amines) is 1. The van der Waals surface area contributed by atoms with E-state index in [0.717, 1.165) is 30.9 Å². The van der Waals surface area contributed by atoms with E-state index >= 15 is 0 Å². The molecule has 2 aromatic rings. The van der Waals surface area contributed by atoms with Gasteiger partial charge in [-0.15, -0.1) is 0 Å². The van der Waals surface area contributed by atoms with Gasteiger partial charge in [-0.2, -0.15) is 22.0 Å². The van der Waals surface area contributed by atoms with Crippen LogP contribution in [0.2, 0.25) is 0 Å². The van der Waals surface area contributed by atoms with Gasteiger partial charge in [-0.05, 0) is 24.1 Å². The highest BCUT2D eigenvalue weighted by Gasteiger charge is 2.34. The molecule has 0 bridgehead atoms. The van der Waals surface area contributed by atoms with Crippen molar-refractivity contribution in [2.24, 2.45) is 0 Å². The fraction of sp³-hybridized carbons (Fsp3) is 0.444. The van der Waals surface area contributed by atoms with Crippen LogP contribution in [0, 0.1) is 0 Å². The average molecular weight is 402 g/mol. The number of alkyl halides is 5. The molecule has 5 nitrogen and oxygen atoms in total. The predicted octanol–water partition coefficient (Wildman–Crippen LogP) is 3.81. The molecule has 1 unspecified atom stereocenters. The number of ether oxygens (including phenoxy) is 1. The van der Waals surface area contributed by atoms with Gasteiger partial charge in [0.2, 0.25) is 0 Å². The van der Waals surface area contributed by atoms with Crippen LogP contribution in [0.4, 0.5) is 27.8 Å². The van der Waals surface area contributed by atoms with Crippen molar-refractivity contribution < 1.29 is 26.7 Å². The zero-order chi connectivity index (χ0) is 20.3. The van der Waals surface area contributed by atoms with Gasteiger partial charge >= 0.3 is 12.8 Å². The van der Waals surface area contributed by atoms with Crippen molar-refractivity contribution in [3.8, 4) is 5.75 Å². The minimum Gasteiger partial charge on any atom is -0.435 e. The third-order valence-corrected chi connectivity index (χ3v) is 4.63. The fourth-order valence-electron chi connectivity index (χ4n) is 3.23. The van der Waals surface area contributed by atoms with Crippen molar-refractivity contribution in [2.45, 2.75) is 31.8 Å². The van der Waals surface area contributed by atoms with E-state index in [2.05, 4.69) is 19.6 Å². The summed E-state index contributed by atoms with van der Waals surface area (Å²) in [7, 11) is 1.70. The summed E-state index contributed by atoms with van der Waals surface area (Å²) in [6.07, 6.45) is -2.86. The van der Waals surface area contributed by atoms with Crippen LogP contribution in [-0.2, 0) is 12.7 Å². The summed E-state index contributed by atoms with van der Waals surface area (Å²) in [6, 6.07) is 7.40. The Bertz CT molecular complexity index is 802. The molecule has 10 heteroatoms. The fourth-order valence-corrected chi connectivity index (χ4v) is 3.23. The van der Waals surface area contributed by atoms with Gasteiger partial charge in [0, 0.05) is 38.8 Å². The number of hydrogen-bond donors (Lipinski definition) is 0. The van der Waals surface area contributed by atoms with Crippen LogP contribution in [0.25, 0.3) is 0 Å². The predicted molar refractivity (Wildman–Crippen MR) is 92.2 cm³/mol. The van der Waals surface area contributed by atoms with Crippen molar-refractivity contribution >= 4 is 5.82 Å². The van der Waals surface area contributed by atoms with Gasteiger partial charge in [0.05, 0.1) is 0 Å². The lowest BCUT2D eigenvalue weighted by Gasteiger charge is -2.26. The lowest BCUT2D eigenvalue weighted by Crippen LogP contribution is -2.35. The first-order valence-electron chi connectivity index (χ1n) is 8.60. The summed E-state index contributed by atoms with van der Waals surface area (Å²) in [5.74, 6) is 0.308. The third kappa shape index (κ3) is 5.06. The molecule has 0 radical (unpaired) electrons. The van der Waals surface area contributed by atoms with Gasteiger partial charge in [0.1, 0.15) is 23.6 Å². The van der Waals surface area contributed by atoms with Crippen LogP contribution in [0.1, 0.15) is 17.7 Å². The highest BCUT2D eigenvalue weighted by atomic mass is 19.4. The minimum absolute atomic E-state index is 0.0171. The smallest absolute Gasteiger partial charge is 0.433 e. The maximum absolute atomic E-state index is 12.9. The first-order valence-corrected chi connectivity index (χ1v) is 8.60. The third-order valence-electron chi connectivity index (χ3n) is 4.63. The molecule has 3 rings (SSSR count). The van der Waals surface area contributed by atoms with Crippen molar-refractivity contribution in [2.75, 3.05) is 25.0 Å². The Labute approximate surface area is 158 Å². The number of anilines is 1. The van der Waals surface area contributed by atoms with Gasteiger partial charge in [-0.25, -0.2) is 9.97 Å². The van der Waals surface area contributed by atoms with Crippen molar-refractivity contribution in [1.29, 1.82) is 0 Å². The number of halogens is 5. The van der Waals surface area contributed by atoms with E-state index in [1.54, 1.807) is 24.1 Å². The molecule has 2 heterocycles. The highest BCUT2D eigenvalue weighted by molar-refractivity contribution is 5.40. The maximum Gasteiger partial charge on any atom is 0.433 e. The van der Waals surface area contributed by atoms with Crippen LogP contribution in [0.3, 0.4) is 0 Å². The Hall–Kier alpha value is -2.49. The molecular weight excluding hydrogens is 383 g/mol. The molecule has 0 aliphatic carbocycles. The van der Waals surface area contributed by atoms with E-state index in [1.165, 1.54) is 6.07 Å². The van der Waals surface area contributed by atoms with Gasteiger partial charge in [0.15, 0.2) is 0 Å². The SMILES string of the molecule is CN(c1cc(C(F)(F)F)ncn1)C1CCN(Cc2cccc(OC(F)F)c2)C1. The molecule has 1 aromatic heterocycles. The molecule has 0 saturated carbocycles. The van der Waals surface area contributed by atoms with Crippen molar-refractivity contribution in [3.05, 3.63) is 47.9 Å². The first-order chi connectivity index (χ1) is 13.2. The molecule has 1 aliphatic rings. The molecule has 1 atom stereocenters. The molecule has 152 valence electrons. The number of rotatable bonds is 6. The van der Waals surface area contributed by atoms with Crippen molar-refractivity contribution in [3.63, 3.8) is 0 Å². The Morgan fingerprint density at radius 2 is 2.04 bits per heavy atom. The second-order valence-electron chi connectivity index (χ2n) is 6.57. The summed E-state index contributed by atoms with van der Waals surface area (Å²) in [5, 5.41) is 0. The number of benzene rings is 1. The van der Waals surface area contributed by atoms with Crippen LogP contribution < -0.4 is 9.64 Å². The molecule has 0 spiro atoms. The lowest BCUT2D eigenvalue weighted by molar-refractivity contribution is -0.141. The van der Waals surface area contributed by atoms with E-state index in [4.69, 9.17) is 0 Å². The van der Waals surface area contributed by atoms with E-state index in [-0.39, 0.29) is 17.6 Å². The lowest BCUT2D eigenvalue weighted by atomic mass is 10.2. The molecule has 0 N–H and O–H groups in total. The van der Waals surface area contributed by atoms with E-state index in [0.29, 0.717) is 13.1 Å². The molecule has 1 aromatic carbocycles. The van der Waals surface area contributed by atoms with Crippen molar-refractivity contribution in [1.82, 2.24) is 14.9 Å². The minimum atomic E-state index is -4.52. The quantitative estimate of drug-likeness (QED) is 0.688. The van der Waals surface area contributed by atoms with Crippen LogP contribution in [0.15, 0.2) is 36.7 Å². The Morgan fingerprint density at radius 3 is 2.75 bits per heavy atom. The van der Waals surface area contributed by atoms with Gasteiger partial charge in [-0.3, -0.25) is 4.90 Å². The summed E-state index contributed by atoms with van der Waals surface area (Å²) in [5.41, 5.74) is -0.155. The summed E-state index contributed by atoms with van der Waals surface area (Å²) < 4.78 is 67.6. The highest BCUT2D eigenvalue weighted by Crippen LogP contribution is 2.30. The van der Waals surface area contributed by atoms with Gasteiger partial charge in [-0.1, -0.05) is 12.1 Å². The second-order valence-corrected chi connectivity index (χ2v) is 6.57. The maximum atomic E-state index is 12.9. The summed E-state index contributed by atoms with van der Waals surface area (Å²) >= 11 is 0. The summed E-state index contributed by atoms with van der Waals surface area (Å²) in [4.78, 5) is 11.1. The Morgan fingerprint density at radius 1 is 1.25 bits per heavy atom. The molecule has 1 fully saturated rings. The Kier molecular flexibility index (Phi) is 5.97. The topological polar surface area (TPSA) is 41.5 Å². The monoisotopic (exact) mass is 402 g/mol. The average Bonchev–Trinajstić information content (AvgIpc) is 3.08. The number of likely N-dealkylation sites (N-methyl/N-ethyl adjacent to an activating group) is 1. The van der Waals surface area contributed by atoms with Crippen LogP contribution in [0.5, 0.6) is 5.75 Å².